The van der Waals surface area contributed by atoms with Crippen LogP contribution in [0.3, 0.4) is 0 Å². The summed E-state index contributed by atoms with van der Waals surface area (Å²) >= 11 is 0. The van der Waals surface area contributed by atoms with Gasteiger partial charge in [0, 0.05) is 6.04 Å². The molecular formula is C11H23N. The Morgan fingerprint density at radius 2 is 1.58 bits per heavy atom. The summed E-state index contributed by atoms with van der Waals surface area (Å²) in [5, 5.41) is 0. The zero-order chi connectivity index (χ0) is 9.57. The molecule has 0 spiro atoms. The van der Waals surface area contributed by atoms with Crippen molar-refractivity contribution in [2.45, 2.75) is 53.5 Å². The minimum absolute atomic E-state index is 0.372. The number of hydrogen-bond donors (Lipinski definition) is 1. The third-order valence-corrected chi connectivity index (χ3v) is 4.23. The first kappa shape index (κ1) is 10.0. The van der Waals surface area contributed by atoms with E-state index in [0.29, 0.717) is 16.9 Å². The smallest absolute Gasteiger partial charge is 0.00105 e. The lowest BCUT2D eigenvalue weighted by Crippen LogP contribution is -2.14. The van der Waals surface area contributed by atoms with E-state index < -0.39 is 0 Å². The zero-order valence-electron chi connectivity index (χ0n) is 9.15. The van der Waals surface area contributed by atoms with Gasteiger partial charge in [-0.1, -0.05) is 27.7 Å². The molecule has 72 valence electrons. The summed E-state index contributed by atoms with van der Waals surface area (Å²) in [6, 6.07) is 0.372. The Balaban J connectivity index is 2.39. The van der Waals surface area contributed by atoms with Gasteiger partial charge in [-0.3, -0.25) is 0 Å². The molecule has 0 aliphatic heterocycles. The van der Waals surface area contributed by atoms with Crippen LogP contribution in [0, 0.1) is 16.7 Å². The third kappa shape index (κ3) is 1.39. The molecule has 1 fully saturated rings. The largest absolute Gasteiger partial charge is 0.328 e. The number of nitrogens with two attached hydrogens (primary N) is 1. The van der Waals surface area contributed by atoms with Gasteiger partial charge in [0.2, 0.25) is 0 Å². The highest BCUT2D eigenvalue weighted by molar-refractivity contribution is 5.11. The van der Waals surface area contributed by atoms with Gasteiger partial charge in [-0.05, 0) is 36.5 Å². The van der Waals surface area contributed by atoms with Crippen LogP contribution in [0.15, 0.2) is 0 Å². The van der Waals surface area contributed by atoms with E-state index in [9.17, 15) is 0 Å². The molecule has 1 rings (SSSR count). The molecule has 12 heavy (non-hydrogen) atoms. The Kier molecular flexibility index (Phi) is 2.28. The van der Waals surface area contributed by atoms with E-state index >= 15 is 0 Å². The molecule has 0 amide bonds. The zero-order valence-corrected chi connectivity index (χ0v) is 9.15. The lowest BCUT2D eigenvalue weighted by atomic mass is 10.0. The van der Waals surface area contributed by atoms with Crippen LogP contribution >= 0.6 is 0 Å². The molecule has 1 heteroatoms. The van der Waals surface area contributed by atoms with Gasteiger partial charge in [-0.15, -0.1) is 0 Å². The predicted octanol–water partition coefficient (Wildman–Crippen LogP) is 2.80. The van der Waals surface area contributed by atoms with Gasteiger partial charge in [-0.25, -0.2) is 0 Å². The van der Waals surface area contributed by atoms with Crippen molar-refractivity contribution in [3.63, 3.8) is 0 Å². The SMILES string of the molecule is C[C@@H](N)CCC1C(C)(C)C1(C)C. The van der Waals surface area contributed by atoms with Crippen molar-refractivity contribution < 1.29 is 0 Å². The number of hydrogen-bond acceptors (Lipinski definition) is 1. The van der Waals surface area contributed by atoms with Gasteiger partial charge < -0.3 is 5.73 Å². The van der Waals surface area contributed by atoms with Crippen LogP contribution in [0.1, 0.15) is 47.5 Å². The summed E-state index contributed by atoms with van der Waals surface area (Å²) in [5.74, 6) is 0.885. The standard InChI is InChI=1S/C11H23N/c1-8(12)6-7-9-10(2,3)11(9,4)5/h8-9H,6-7,12H2,1-5H3/t8-/m1/s1. The molecule has 1 nitrogen and oxygen atoms in total. The van der Waals surface area contributed by atoms with Crippen LogP contribution in [-0.4, -0.2) is 6.04 Å². The second kappa shape index (κ2) is 2.73. The van der Waals surface area contributed by atoms with Crippen molar-refractivity contribution >= 4 is 0 Å². The molecule has 0 saturated heterocycles. The molecule has 0 radical (unpaired) electrons. The van der Waals surface area contributed by atoms with Crippen LogP contribution in [0.25, 0.3) is 0 Å². The molecule has 0 unspecified atom stereocenters. The van der Waals surface area contributed by atoms with Gasteiger partial charge in [0.15, 0.2) is 0 Å². The Labute approximate surface area is 76.7 Å². The quantitative estimate of drug-likeness (QED) is 0.690. The highest BCUT2D eigenvalue weighted by Gasteiger charge is 2.63. The highest BCUT2D eigenvalue weighted by Crippen LogP contribution is 2.69. The maximum Gasteiger partial charge on any atom is 0.00105 e. The average molecular weight is 169 g/mol. The molecule has 2 N–H and O–H groups in total. The second-order valence-electron chi connectivity index (χ2n) is 5.55. The summed E-state index contributed by atoms with van der Waals surface area (Å²) in [5.41, 5.74) is 6.83. The van der Waals surface area contributed by atoms with E-state index in [1.165, 1.54) is 12.8 Å². The summed E-state index contributed by atoms with van der Waals surface area (Å²) in [6.45, 7) is 11.6. The summed E-state index contributed by atoms with van der Waals surface area (Å²) < 4.78 is 0. The van der Waals surface area contributed by atoms with Gasteiger partial charge in [0.1, 0.15) is 0 Å². The van der Waals surface area contributed by atoms with E-state index in [2.05, 4.69) is 34.6 Å². The van der Waals surface area contributed by atoms with E-state index in [1.807, 2.05) is 0 Å². The maximum absolute atomic E-state index is 5.75. The summed E-state index contributed by atoms with van der Waals surface area (Å²) in [7, 11) is 0. The fourth-order valence-electron chi connectivity index (χ4n) is 2.48. The molecule has 1 atom stereocenters. The van der Waals surface area contributed by atoms with Crippen LogP contribution in [-0.2, 0) is 0 Å². The van der Waals surface area contributed by atoms with Crippen LogP contribution in [0.2, 0.25) is 0 Å². The van der Waals surface area contributed by atoms with Gasteiger partial charge in [0.25, 0.3) is 0 Å². The topological polar surface area (TPSA) is 26.0 Å². The maximum atomic E-state index is 5.75. The van der Waals surface area contributed by atoms with Crippen LogP contribution in [0.4, 0.5) is 0 Å². The third-order valence-electron chi connectivity index (χ3n) is 4.23. The van der Waals surface area contributed by atoms with Crippen molar-refractivity contribution in [1.29, 1.82) is 0 Å². The van der Waals surface area contributed by atoms with Gasteiger partial charge >= 0.3 is 0 Å². The van der Waals surface area contributed by atoms with E-state index in [-0.39, 0.29) is 0 Å². The molecule has 1 aliphatic rings. The first-order valence-electron chi connectivity index (χ1n) is 5.05. The lowest BCUT2D eigenvalue weighted by Gasteiger charge is -2.05. The highest BCUT2D eigenvalue weighted by atomic mass is 14.7. The molecule has 0 heterocycles. The molecule has 0 aromatic rings. The molecule has 1 saturated carbocycles. The molecular weight excluding hydrogens is 146 g/mol. The van der Waals surface area contributed by atoms with E-state index in [0.717, 1.165) is 5.92 Å². The Morgan fingerprint density at radius 1 is 1.17 bits per heavy atom. The Hall–Kier alpha value is -0.0400. The fourth-order valence-corrected chi connectivity index (χ4v) is 2.48. The summed E-state index contributed by atoms with van der Waals surface area (Å²) in [6.07, 6.45) is 2.48. The average Bonchev–Trinajstić information content (AvgIpc) is 2.21. The van der Waals surface area contributed by atoms with Gasteiger partial charge in [0.05, 0.1) is 0 Å². The minimum atomic E-state index is 0.372. The number of rotatable bonds is 3. The molecule has 1 aliphatic carbocycles. The molecule has 0 aromatic heterocycles. The molecule has 0 aromatic carbocycles. The Morgan fingerprint density at radius 3 is 1.83 bits per heavy atom. The van der Waals surface area contributed by atoms with Crippen molar-refractivity contribution in [2.75, 3.05) is 0 Å². The van der Waals surface area contributed by atoms with Crippen LogP contribution in [0.5, 0.6) is 0 Å². The molecule has 0 bridgehead atoms. The first-order chi connectivity index (χ1) is 5.30. The van der Waals surface area contributed by atoms with Crippen LogP contribution < -0.4 is 5.73 Å². The fraction of sp³-hybridized carbons (Fsp3) is 1.00. The lowest BCUT2D eigenvalue weighted by molar-refractivity contribution is 0.457. The van der Waals surface area contributed by atoms with Crippen molar-refractivity contribution in [1.82, 2.24) is 0 Å². The predicted molar refractivity (Wildman–Crippen MR) is 53.9 cm³/mol. The Bertz CT molecular complexity index is 154. The monoisotopic (exact) mass is 169 g/mol. The van der Waals surface area contributed by atoms with E-state index in [1.54, 1.807) is 0 Å². The minimum Gasteiger partial charge on any atom is -0.328 e. The van der Waals surface area contributed by atoms with E-state index in [4.69, 9.17) is 5.73 Å². The van der Waals surface area contributed by atoms with Crippen molar-refractivity contribution in [2.24, 2.45) is 22.5 Å². The summed E-state index contributed by atoms with van der Waals surface area (Å²) in [4.78, 5) is 0. The van der Waals surface area contributed by atoms with Crippen molar-refractivity contribution in [3.8, 4) is 0 Å². The van der Waals surface area contributed by atoms with Gasteiger partial charge in [-0.2, -0.15) is 0 Å². The second-order valence-corrected chi connectivity index (χ2v) is 5.55. The van der Waals surface area contributed by atoms with Crippen molar-refractivity contribution in [3.05, 3.63) is 0 Å². The normalized spacial score (nSPS) is 28.5. The first-order valence-corrected chi connectivity index (χ1v) is 5.05.